The molecule has 1 aliphatic heterocycles. The molecule has 10 nitrogen and oxygen atoms in total. The molecule has 10 heteroatoms. The minimum absolute atomic E-state index is 0.0810. The van der Waals surface area contributed by atoms with Crippen LogP contribution in [0.1, 0.15) is 36.6 Å². The van der Waals surface area contributed by atoms with Gasteiger partial charge in [-0.2, -0.15) is 5.26 Å². The maximum absolute atomic E-state index is 13.2. The van der Waals surface area contributed by atoms with E-state index < -0.39 is 39.9 Å². The number of ketones is 1. The Hall–Kier alpha value is -5.17. The van der Waals surface area contributed by atoms with Crippen LogP contribution in [0.25, 0.3) is 5.76 Å². The topological polar surface area (TPSA) is 154 Å². The summed E-state index contributed by atoms with van der Waals surface area (Å²) >= 11 is 0. The summed E-state index contributed by atoms with van der Waals surface area (Å²) in [6, 6.07) is 16.3. The number of anilines is 1. The number of benzene rings is 3. The van der Waals surface area contributed by atoms with Gasteiger partial charge in [-0.05, 0) is 74.0 Å². The average molecular weight is 499 g/mol. The van der Waals surface area contributed by atoms with Gasteiger partial charge in [0.05, 0.1) is 34.3 Å². The first-order valence-corrected chi connectivity index (χ1v) is 11.2. The van der Waals surface area contributed by atoms with Gasteiger partial charge in [-0.1, -0.05) is 6.07 Å². The Bertz CT molecular complexity index is 1470. The van der Waals surface area contributed by atoms with Crippen LogP contribution < -0.4 is 9.64 Å². The number of ether oxygens (including phenoxy) is 1. The number of rotatable bonds is 6. The number of hydrogen-bond donors (Lipinski definition) is 2. The second-order valence-electron chi connectivity index (χ2n) is 8.52. The summed E-state index contributed by atoms with van der Waals surface area (Å²) in [6.07, 6.45) is -0.0810. The lowest BCUT2D eigenvalue weighted by Crippen LogP contribution is -2.29. The van der Waals surface area contributed by atoms with Gasteiger partial charge in [0.15, 0.2) is 5.75 Å². The lowest BCUT2D eigenvalue weighted by Gasteiger charge is -2.25. The van der Waals surface area contributed by atoms with Crippen molar-refractivity contribution in [3.05, 3.63) is 99.1 Å². The SMILES string of the molecule is CC(C)Oc1ccc(/C(O)=C2/C(=O)C(=O)N(c3ccc(C#N)cc3)C2c2ccc(O)c([N+](=O)[O-])c2)cc1. The first-order valence-electron chi connectivity index (χ1n) is 11.2. The number of aromatic hydroxyl groups is 1. The van der Waals surface area contributed by atoms with Crippen LogP contribution in [0.4, 0.5) is 11.4 Å². The summed E-state index contributed by atoms with van der Waals surface area (Å²) in [4.78, 5) is 38.2. The minimum Gasteiger partial charge on any atom is -0.507 e. The predicted octanol–water partition coefficient (Wildman–Crippen LogP) is 4.59. The number of nitro groups is 1. The lowest BCUT2D eigenvalue weighted by molar-refractivity contribution is -0.385. The van der Waals surface area contributed by atoms with Crippen LogP contribution in [0.3, 0.4) is 0 Å². The standard InChI is InChI=1S/C27H21N3O7/c1-15(2)37-20-10-5-17(6-11-20)25(32)23-24(18-7-12-22(31)21(13-18)30(35)36)29(27(34)26(23)33)19-8-3-16(14-28)4-9-19/h3-13,15,24,31-32H,1-2H3/b25-23-. The zero-order valence-electron chi connectivity index (χ0n) is 19.8. The highest BCUT2D eigenvalue weighted by Crippen LogP contribution is 2.44. The number of hydrogen-bond acceptors (Lipinski definition) is 8. The van der Waals surface area contributed by atoms with E-state index in [-0.39, 0.29) is 28.5 Å². The number of phenols is 1. The third-order valence-electron chi connectivity index (χ3n) is 5.73. The van der Waals surface area contributed by atoms with Crippen molar-refractivity contribution >= 4 is 28.8 Å². The Labute approximate surface area is 211 Å². The monoisotopic (exact) mass is 499 g/mol. The summed E-state index contributed by atoms with van der Waals surface area (Å²) in [5.41, 5.74) is -0.00557. The van der Waals surface area contributed by atoms with Gasteiger partial charge in [0.2, 0.25) is 0 Å². The molecule has 37 heavy (non-hydrogen) atoms. The van der Waals surface area contributed by atoms with Crippen molar-refractivity contribution in [1.29, 1.82) is 5.26 Å². The molecule has 1 atom stereocenters. The van der Waals surface area contributed by atoms with E-state index in [4.69, 9.17) is 10.00 Å². The molecule has 3 aromatic carbocycles. The number of aliphatic hydroxyl groups is 1. The first-order chi connectivity index (χ1) is 17.6. The Morgan fingerprint density at radius 3 is 2.30 bits per heavy atom. The van der Waals surface area contributed by atoms with Gasteiger partial charge in [0.25, 0.3) is 11.7 Å². The van der Waals surface area contributed by atoms with Crippen molar-refractivity contribution in [3.63, 3.8) is 0 Å². The number of carbonyl (C=O) groups excluding carboxylic acids is 2. The molecule has 1 unspecified atom stereocenters. The highest BCUT2D eigenvalue weighted by molar-refractivity contribution is 6.51. The van der Waals surface area contributed by atoms with Crippen LogP contribution in [0.15, 0.2) is 72.3 Å². The summed E-state index contributed by atoms with van der Waals surface area (Å²) in [5, 5.41) is 41.7. The maximum Gasteiger partial charge on any atom is 0.311 e. The van der Waals surface area contributed by atoms with Crippen molar-refractivity contribution in [2.75, 3.05) is 4.90 Å². The van der Waals surface area contributed by atoms with Crippen molar-refractivity contribution in [3.8, 4) is 17.6 Å². The molecular weight excluding hydrogens is 478 g/mol. The minimum atomic E-state index is -1.25. The van der Waals surface area contributed by atoms with E-state index in [9.17, 15) is 29.9 Å². The zero-order valence-corrected chi connectivity index (χ0v) is 19.8. The molecule has 1 saturated heterocycles. The molecule has 3 aromatic rings. The summed E-state index contributed by atoms with van der Waals surface area (Å²) < 4.78 is 5.61. The van der Waals surface area contributed by atoms with E-state index in [1.807, 2.05) is 19.9 Å². The molecular formula is C27H21N3O7. The molecule has 4 rings (SSSR count). The van der Waals surface area contributed by atoms with Gasteiger partial charge in [-0.25, -0.2) is 0 Å². The van der Waals surface area contributed by atoms with Gasteiger partial charge in [-0.15, -0.1) is 0 Å². The Morgan fingerprint density at radius 1 is 1.08 bits per heavy atom. The van der Waals surface area contributed by atoms with Crippen LogP contribution >= 0.6 is 0 Å². The fourth-order valence-corrected chi connectivity index (χ4v) is 4.09. The fourth-order valence-electron chi connectivity index (χ4n) is 4.09. The van der Waals surface area contributed by atoms with E-state index in [0.29, 0.717) is 11.3 Å². The molecule has 1 amide bonds. The predicted molar refractivity (Wildman–Crippen MR) is 133 cm³/mol. The number of nitriles is 1. The number of amides is 1. The molecule has 0 aromatic heterocycles. The van der Waals surface area contributed by atoms with Crippen molar-refractivity contribution < 1.29 is 29.5 Å². The Balaban J connectivity index is 1.91. The Kier molecular flexibility index (Phi) is 6.63. The highest BCUT2D eigenvalue weighted by atomic mass is 16.6. The molecule has 0 spiro atoms. The number of phenolic OH excluding ortho intramolecular Hbond substituents is 1. The van der Waals surface area contributed by atoms with Crippen LogP contribution in [-0.2, 0) is 9.59 Å². The first kappa shape index (κ1) is 24.9. The van der Waals surface area contributed by atoms with Crippen molar-refractivity contribution in [2.24, 2.45) is 0 Å². The quantitative estimate of drug-likeness (QED) is 0.164. The van der Waals surface area contributed by atoms with Crippen molar-refractivity contribution in [1.82, 2.24) is 0 Å². The highest BCUT2D eigenvalue weighted by Gasteiger charge is 2.47. The second-order valence-corrected chi connectivity index (χ2v) is 8.52. The molecule has 1 heterocycles. The van der Waals surface area contributed by atoms with Crippen LogP contribution in [-0.4, -0.2) is 32.9 Å². The van der Waals surface area contributed by atoms with E-state index in [1.54, 1.807) is 12.1 Å². The van der Waals surface area contributed by atoms with Gasteiger partial charge in [0, 0.05) is 17.3 Å². The molecule has 186 valence electrons. The molecule has 0 bridgehead atoms. The largest absolute Gasteiger partial charge is 0.507 e. The van der Waals surface area contributed by atoms with Crippen molar-refractivity contribution in [2.45, 2.75) is 26.0 Å². The van der Waals surface area contributed by atoms with Crippen LogP contribution in [0.5, 0.6) is 11.5 Å². The lowest BCUT2D eigenvalue weighted by atomic mass is 9.94. The van der Waals surface area contributed by atoms with E-state index in [2.05, 4.69) is 0 Å². The average Bonchev–Trinajstić information content (AvgIpc) is 3.14. The maximum atomic E-state index is 13.2. The molecule has 2 N–H and O–H groups in total. The summed E-state index contributed by atoms with van der Waals surface area (Å²) in [6.45, 7) is 3.71. The van der Waals surface area contributed by atoms with Gasteiger partial charge in [-0.3, -0.25) is 24.6 Å². The van der Waals surface area contributed by atoms with Crippen LogP contribution in [0.2, 0.25) is 0 Å². The van der Waals surface area contributed by atoms with Crippen LogP contribution in [0, 0.1) is 21.4 Å². The number of nitro benzene ring substituents is 1. The molecule has 0 radical (unpaired) electrons. The van der Waals surface area contributed by atoms with Gasteiger partial charge < -0.3 is 14.9 Å². The molecule has 1 aliphatic rings. The fraction of sp³-hybridized carbons (Fsp3) is 0.148. The van der Waals surface area contributed by atoms with E-state index >= 15 is 0 Å². The Morgan fingerprint density at radius 2 is 1.73 bits per heavy atom. The summed E-state index contributed by atoms with van der Waals surface area (Å²) in [7, 11) is 0. The third kappa shape index (κ3) is 4.70. The smallest absolute Gasteiger partial charge is 0.311 e. The normalized spacial score (nSPS) is 16.6. The zero-order chi connectivity index (χ0) is 26.9. The van der Waals surface area contributed by atoms with E-state index in [0.717, 1.165) is 17.0 Å². The molecule has 0 aliphatic carbocycles. The van der Waals surface area contributed by atoms with E-state index in [1.165, 1.54) is 42.5 Å². The van der Waals surface area contributed by atoms with Gasteiger partial charge in [0.1, 0.15) is 11.5 Å². The number of Topliss-reactive ketones (excluding diaryl/α,β-unsaturated/α-hetero) is 1. The second kappa shape index (κ2) is 9.83. The number of aliphatic hydroxyl groups excluding tert-OH is 1. The number of nitrogens with zero attached hydrogens (tertiary/aromatic N) is 3. The summed E-state index contributed by atoms with van der Waals surface area (Å²) in [5.74, 6) is -2.50. The molecule has 0 saturated carbocycles. The van der Waals surface area contributed by atoms with Gasteiger partial charge >= 0.3 is 5.69 Å². The molecule has 1 fully saturated rings. The third-order valence-corrected chi connectivity index (χ3v) is 5.73. The number of carbonyl (C=O) groups is 2.